The van der Waals surface area contributed by atoms with Crippen molar-refractivity contribution in [3.05, 3.63) is 64.0 Å². The molecule has 0 aliphatic carbocycles. The molecule has 0 N–H and O–H groups in total. The number of hydrogen-bond donors (Lipinski definition) is 0. The maximum Gasteiger partial charge on any atom is 0.232 e. The standard InChI is InChI=1S/C20H18BrN3O2/c1-12-3-8-17(13(2)9-12)24-11-15(10-18(24)25)20-22-19(23-26-20)14-4-6-16(21)7-5-14/h3-9,15H,10-11H2,1-2H3. The normalized spacial score (nSPS) is 17.1. The van der Waals surface area contributed by atoms with Crippen LogP contribution in [0.15, 0.2) is 51.5 Å². The van der Waals surface area contributed by atoms with Crippen molar-refractivity contribution in [1.29, 1.82) is 0 Å². The number of carbonyl (C=O) groups is 1. The third-order valence-corrected chi connectivity index (χ3v) is 5.19. The number of anilines is 1. The molecule has 1 aliphatic heterocycles. The summed E-state index contributed by atoms with van der Waals surface area (Å²) in [6.07, 6.45) is 0.384. The predicted octanol–water partition coefficient (Wildman–Crippen LogP) is 4.64. The zero-order chi connectivity index (χ0) is 18.3. The summed E-state index contributed by atoms with van der Waals surface area (Å²) in [4.78, 5) is 18.9. The van der Waals surface area contributed by atoms with Crippen LogP contribution in [0.4, 0.5) is 5.69 Å². The van der Waals surface area contributed by atoms with Crippen LogP contribution in [0.2, 0.25) is 0 Å². The van der Waals surface area contributed by atoms with Gasteiger partial charge in [0.15, 0.2) is 0 Å². The zero-order valence-electron chi connectivity index (χ0n) is 14.6. The highest BCUT2D eigenvalue weighted by Gasteiger charge is 2.35. The minimum atomic E-state index is -0.0834. The van der Waals surface area contributed by atoms with E-state index < -0.39 is 0 Å². The van der Waals surface area contributed by atoms with E-state index in [1.807, 2.05) is 55.1 Å². The van der Waals surface area contributed by atoms with Crippen LogP contribution in [0.5, 0.6) is 0 Å². The molecule has 1 aliphatic rings. The quantitative estimate of drug-likeness (QED) is 0.629. The lowest BCUT2D eigenvalue weighted by molar-refractivity contribution is -0.117. The van der Waals surface area contributed by atoms with Crippen molar-refractivity contribution in [2.75, 3.05) is 11.4 Å². The molecule has 5 nitrogen and oxygen atoms in total. The number of amides is 1. The van der Waals surface area contributed by atoms with Crippen molar-refractivity contribution in [3.63, 3.8) is 0 Å². The van der Waals surface area contributed by atoms with Crippen molar-refractivity contribution >= 4 is 27.5 Å². The van der Waals surface area contributed by atoms with E-state index in [0.717, 1.165) is 21.3 Å². The molecule has 26 heavy (non-hydrogen) atoms. The highest BCUT2D eigenvalue weighted by molar-refractivity contribution is 9.10. The van der Waals surface area contributed by atoms with Crippen molar-refractivity contribution in [3.8, 4) is 11.4 Å². The molecule has 0 radical (unpaired) electrons. The monoisotopic (exact) mass is 411 g/mol. The molecule has 4 rings (SSSR count). The fraction of sp³-hybridized carbons (Fsp3) is 0.250. The van der Waals surface area contributed by atoms with Crippen LogP contribution in [-0.2, 0) is 4.79 Å². The van der Waals surface area contributed by atoms with E-state index in [1.165, 1.54) is 5.56 Å². The fourth-order valence-electron chi connectivity index (χ4n) is 3.33. The van der Waals surface area contributed by atoms with Gasteiger partial charge in [0.05, 0.1) is 5.92 Å². The lowest BCUT2D eigenvalue weighted by Crippen LogP contribution is -2.25. The molecule has 0 saturated carbocycles. The molecule has 6 heteroatoms. The first-order valence-electron chi connectivity index (χ1n) is 8.48. The Morgan fingerprint density at radius 2 is 1.92 bits per heavy atom. The third kappa shape index (κ3) is 3.17. The summed E-state index contributed by atoms with van der Waals surface area (Å²) in [5.41, 5.74) is 4.13. The number of hydrogen-bond acceptors (Lipinski definition) is 4. The Morgan fingerprint density at radius 3 is 2.65 bits per heavy atom. The van der Waals surface area contributed by atoms with Gasteiger partial charge in [0.25, 0.3) is 0 Å². The average molecular weight is 412 g/mol. The predicted molar refractivity (Wildman–Crippen MR) is 103 cm³/mol. The number of halogens is 1. The molecule has 1 saturated heterocycles. The third-order valence-electron chi connectivity index (χ3n) is 4.66. The number of aromatic nitrogens is 2. The summed E-state index contributed by atoms with van der Waals surface area (Å²) in [6, 6.07) is 13.9. The van der Waals surface area contributed by atoms with Gasteiger partial charge >= 0.3 is 0 Å². The molecule has 0 spiro atoms. The highest BCUT2D eigenvalue weighted by Crippen LogP contribution is 2.33. The van der Waals surface area contributed by atoms with Gasteiger partial charge < -0.3 is 9.42 Å². The van der Waals surface area contributed by atoms with Crippen LogP contribution >= 0.6 is 15.9 Å². The van der Waals surface area contributed by atoms with Gasteiger partial charge in [-0.1, -0.05) is 38.8 Å². The smallest absolute Gasteiger partial charge is 0.232 e. The number of carbonyl (C=O) groups excluding carboxylic acids is 1. The molecule has 2 aromatic carbocycles. The van der Waals surface area contributed by atoms with Crippen LogP contribution in [0.25, 0.3) is 11.4 Å². The van der Waals surface area contributed by atoms with Gasteiger partial charge in [-0.25, -0.2) is 0 Å². The van der Waals surface area contributed by atoms with Crippen molar-refractivity contribution in [2.24, 2.45) is 0 Å². The molecule has 1 atom stereocenters. The van der Waals surface area contributed by atoms with E-state index in [2.05, 4.69) is 32.1 Å². The van der Waals surface area contributed by atoms with Crippen LogP contribution in [0.3, 0.4) is 0 Å². The Labute approximate surface area is 160 Å². The molecule has 1 aromatic heterocycles. The minimum absolute atomic E-state index is 0.0834. The summed E-state index contributed by atoms with van der Waals surface area (Å²) in [7, 11) is 0. The van der Waals surface area contributed by atoms with Gasteiger partial charge in [0.1, 0.15) is 0 Å². The summed E-state index contributed by atoms with van der Waals surface area (Å²) in [5.74, 6) is 1.07. The second kappa shape index (κ2) is 6.68. The zero-order valence-corrected chi connectivity index (χ0v) is 16.2. The van der Waals surface area contributed by atoms with Gasteiger partial charge in [-0.2, -0.15) is 4.98 Å². The van der Waals surface area contributed by atoms with Crippen LogP contribution in [0, 0.1) is 13.8 Å². The lowest BCUT2D eigenvalue weighted by Gasteiger charge is -2.19. The van der Waals surface area contributed by atoms with E-state index in [-0.39, 0.29) is 11.8 Å². The summed E-state index contributed by atoms with van der Waals surface area (Å²) in [5, 5.41) is 4.08. The van der Waals surface area contributed by atoms with Gasteiger partial charge in [0, 0.05) is 28.7 Å². The Hall–Kier alpha value is -2.47. The SMILES string of the molecule is Cc1ccc(N2CC(c3nc(-c4ccc(Br)cc4)no3)CC2=O)c(C)c1. The molecule has 1 amide bonds. The van der Waals surface area contributed by atoms with Gasteiger partial charge in [-0.3, -0.25) is 4.79 Å². The Bertz CT molecular complexity index is 965. The minimum Gasteiger partial charge on any atom is -0.339 e. The van der Waals surface area contributed by atoms with E-state index >= 15 is 0 Å². The van der Waals surface area contributed by atoms with Crippen LogP contribution in [-0.4, -0.2) is 22.6 Å². The van der Waals surface area contributed by atoms with Crippen molar-refractivity contribution in [1.82, 2.24) is 10.1 Å². The van der Waals surface area contributed by atoms with Gasteiger partial charge in [-0.05, 0) is 49.7 Å². The Kier molecular flexibility index (Phi) is 4.36. The number of benzene rings is 2. The average Bonchev–Trinajstić information content (AvgIpc) is 3.23. The van der Waals surface area contributed by atoms with E-state index in [4.69, 9.17) is 4.52 Å². The first-order valence-corrected chi connectivity index (χ1v) is 9.28. The molecular formula is C20H18BrN3O2. The van der Waals surface area contributed by atoms with E-state index in [9.17, 15) is 4.79 Å². The molecule has 1 fully saturated rings. The van der Waals surface area contributed by atoms with Gasteiger partial charge in [0.2, 0.25) is 17.6 Å². The first-order chi connectivity index (χ1) is 12.5. The molecule has 3 aromatic rings. The number of aryl methyl sites for hydroxylation is 2. The lowest BCUT2D eigenvalue weighted by atomic mass is 10.1. The number of nitrogens with zero attached hydrogens (tertiary/aromatic N) is 3. The molecule has 132 valence electrons. The number of rotatable bonds is 3. The first kappa shape index (κ1) is 17.0. The largest absolute Gasteiger partial charge is 0.339 e. The molecular weight excluding hydrogens is 394 g/mol. The van der Waals surface area contributed by atoms with E-state index in [1.54, 1.807) is 0 Å². The molecule has 1 unspecified atom stereocenters. The van der Waals surface area contributed by atoms with Crippen LogP contribution in [0.1, 0.15) is 29.4 Å². The van der Waals surface area contributed by atoms with Gasteiger partial charge in [-0.15, -0.1) is 0 Å². The maximum atomic E-state index is 12.5. The summed E-state index contributed by atoms with van der Waals surface area (Å²) in [6.45, 7) is 4.64. The topological polar surface area (TPSA) is 59.2 Å². The van der Waals surface area contributed by atoms with Crippen molar-refractivity contribution in [2.45, 2.75) is 26.2 Å². The second-order valence-electron chi connectivity index (χ2n) is 6.66. The fourth-order valence-corrected chi connectivity index (χ4v) is 3.60. The highest BCUT2D eigenvalue weighted by atomic mass is 79.9. The van der Waals surface area contributed by atoms with Crippen molar-refractivity contribution < 1.29 is 9.32 Å². The van der Waals surface area contributed by atoms with E-state index in [0.29, 0.717) is 24.7 Å². The Balaban J connectivity index is 1.56. The second-order valence-corrected chi connectivity index (χ2v) is 7.57. The van der Waals surface area contributed by atoms with Crippen LogP contribution < -0.4 is 4.90 Å². The maximum absolute atomic E-state index is 12.5. The molecule has 2 heterocycles. The summed E-state index contributed by atoms with van der Waals surface area (Å²) < 4.78 is 6.46. The summed E-state index contributed by atoms with van der Waals surface area (Å²) >= 11 is 3.42. The Morgan fingerprint density at radius 1 is 1.15 bits per heavy atom. The molecule has 0 bridgehead atoms.